The smallest absolute Gasteiger partial charge is 0.331 e. The van der Waals surface area contributed by atoms with E-state index in [0.29, 0.717) is 11.3 Å². The zero-order valence-corrected chi connectivity index (χ0v) is 11.4. The van der Waals surface area contributed by atoms with Gasteiger partial charge in [-0.3, -0.25) is 9.48 Å². The molecule has 9 nitrogen and oxygen atoms in total. The number of carbonyl (C=O) groups is 2. The highest BCUT2D eigenvalue weighted by Crippen LogP contribution is 2.12. The molecule has 0 bridgehead atoms. The molecule has 2 N–H and O–H groups in total. The molecule has 2 aromatic heterocycles. The highest BCUT2D eigenvalue weighted by molar-refractivity contribution is 5.85. The predicted molar refractivity (Wildman–Crippen MR) is 68.5 cm³/mol. The molecule has 0 saturated heterocycles. The number of nitrogens with one attached hydrogen (secondary N) is 1. The number of ether oxygens (including phenoxy) is 1. The minimum atomic E-state index is -1.19. The molecule has 0 spiro atoms. The first-order chi connectivity index (χ1) is 9.95. The van der Waals surface area contributed by atoms with Gasteiger partial charge in [0.1, 0.15) is 5.76 Å². The molecule has 2 aromatic rings. The van der Waals surface area contributed by atoms with Crippen molar-refractivity contribution in [3.05, 3.63) is 29.8 Å². The minimum absolute atomic E-state index is 0.163. The lowest BCUT2D eigenvalue weighted by atomic mass is 10.1. The number of nitrogens with zero attached hydrogens (tertiary/aromatic N) is 3. The Morgan fingerprint density at radius 2 is 2.33 bits per heavy atom. The zero-order chi connectivity index (χ0) is 15.4. The van der Waals surface area contributed by atoms with E-state index in [0.717, 1.165) is 0 Å². The van der Waals surface area contributed by atoms with E-state index in [9.17, 15) is 9.59 Å². The van der Waals surface area contributed by atoms with Gasteiger partial charge in [-0.1, -0.05) is 0 Å². The Morgan fingerprint density at radius 1 is 1.57 bits per heavy atom. The summed E-state index contributed by atoms with van der Waals surface area (Å²) in [6, 6.07) is 0.331. The summed E-state index contributed by atoms with van der Waals surface area (Å²) < 4.78 is 11.3. The number of rotatable bonds is 6. The summed E-state index contributed by atoms with van der Waals surface area (Å²) in [5.74, 6) is -1.07. The average molecular weight is 294 g/mol. The first kappa shape index (κ1) is 14.6. The van der Waals surface area contributed by atoms with Gasteiger partial charge in [0.2, 0.25) is 0 Å². The van der Waals surface area contributed by atoms with Gasteiger partial charge in [-0.2, -0.15) is 5.10 Å². The van der Waals surface area contributed by atoms with Crippen molar-refractivity contribution in [2.75, 3.05) is 6.61 Å². The van der Waals surface area contributed by atoms with Crippen LogP contribution in [0.25, 0.3) is 0 Å². The Morgan fingerprint density at radius 3 is 2.86 bits per heavy atom. The fourth-order valence-electron chi connectivity index (χ4n) is 1.63. The number of aliphatic carboxylic acids is 1. The van der Waals surface area contributed by atoms with Gasteiger partial charge in [0.15, 0.2) is 12.6 Å². The minimum Gasteiger partial charge on any atom is -0.479 e. The molecule has 9 heteroatoms. The van der Waals surface area contributed by atoms with E-state index in [1.54, 1.807) is 14.0 Å². The topological polar surface area (TPSA) is 119 Å². The molecule has 1 atom stereocenters. The van der Waals surface area contributed by atoms with Crippen LogP contribution in [0.3, 0.4) is 0 Å². The molecule has 1 unspecified atom stereocenters. The van der Waals surface area contributed by atoms with Crippen molar-refractivity contribution in [1.82, 2.24) is 20.3 Å². The van der Waals surface area contributed by atoms with E-state index in [2.05, 4.69) is 15.6 Å². The lowest BCUT2D eigenvalue weighted by Crippen LogP contribution is -2.36. The maximum Gasteiger partial charge on any atom is 0.331 e. The summed E-state index contributed by atoms with van der Waals surface area (Å²) in [4.78, 5) is 22.9. The summed E-state index contributed by atoms with van der Waals surface area (Å²) in [6.45, 7) is 1.32. The summed E-state index contributed by atoms with van der Waals surface area (Å²) >= 11 is 0. The predicted octanol–water partition coefficient (Wildman–Crippen LogP) is 0.0374. The summed E-state index contributed by atoms with van der Waals surface area (Å²) in [5, 5.41) is 18.9. The second-order valence-electron chi connectivity index (χ2n) is 4.35. The normalized spacial score (nSPS) is 11.9. The number of carboxylic acid groups (broad SMARTS) is 1. The molecular weight excluding hydrogens is 280 g/mol. The van der Waals surface area contributed by atoms with Crippen molar-refractivity contribution in [3.8, 4) is 5.88 Å². The van der Waals surface area contributed by atoms with Crippen molar-refractivity contribution in [2.45, 2.75) is 13.0 Å². The van der Waals surface area contributed by atoms with E-state index in [-0.39, 0.29) is 12.5 Å². The molecule has 0 aliphatic heterocycles. The number of hydrogen-bond acceptors (Lipinski definition) is 6. The van der Waals surface area contributed by atoms with Crippen LogP contribution in [0.2, 0.25) is 0 Å². The van der Waals surface area contributed by atoms with Crippen LogP contribution >= 0.6 is 0 Å². The molecule has 0 aromatic carbocycles. The van der Waals surface area contributed by atoms with Crippen molar-refractivity contribution >= 4 is 11.9 Å². The quantitative estimate of drug-likeness (QED) is 0.771. The van der Waals surface area contributed by atoms with E-state index in [1.807, 2.05) is 0 Å². The summed E-state index contributed by atoms with van der Waals surface area (Å²) in [7, 11) is 1.65. The molecule has 0 radical (unpaired) electrons. The standard InChI is InChI=1S/C12H14N4O5/c1-7-3-10(15-21-7)20-6-9(17)14-11(12(18)19)8-4-13-16(2)5-8/h3-5,11H,6H2,1-2H3,(H,14,17)(H,18,19). The SMILES string of the molecule is Cc1cc(OCC(=O)NC(C(=O)O)c2cnn(C)c2)no1. The summed E-state index contributed by atoms with van der Waals surface area (Å²) in [5.41, 5.74) is 0.371. The van der Waals surface area contributed by atoms with Gasteiger partial charge in [-0.05, 0) is 12.1 Å². The lowest BCUT2D eigenvalue weighted by molar-refractivity contribution is -0.142. The van der Waals surface area contributed by atoms with Crippen LogP contribution in [0.5, 0.6) is 5.88 Å². The number of aryl methyl sites for hydroxylation is 2. The lowest BCUT2D eigenvalue weighted by Gasteiger charge is -2.12. The fourth-order valence-corrected chi connectivity index (χ4v) is 1.63. The zero-order valence-electron chi connectivity index (χ0n) is 11.4. The van der Waals surface area contributed by atoms with E-state index >= 15 is 0 Å². The first-order valence-electron chi connectivity index (χ1n) is 6.02. The van der Waals surface area contributed by atoms with E-state index in [4.69, 9.17) is 14.4 Å². The number of carboxylic acids is 1. The van der Waals surface area contributed by atoms with Crippen molar-refractivity contribution < 1.29 is 24.0 Å². The van der Waals surface area contributed by atoms with Gasteiger partial charge in [-0.25, -0.2) is 4.79 Å². The molecule has 0 fully saturated rings. The van der Waals surface area contributed by atoms with Crippen molar-refractivity contribution in [3.63, 3.8) is 0 Å². The highest BCUT2D eigenvalue weighted by Gasteiger charge is 2.23. The molecule has 1 amide bonds. The van der Waals surface area contributed by atoms with Crippen LogP contribution in [-0.4, -0.2) is 38.5 Å². The number of aromatic nitrogens is 3. The van der Waals surface area contributed by atoms with E-state index in [1.165, 1.54) is 23.1 Å². The molecule has 112 valence electrons. The monoisotopic (exact) mass is 294 g/mol. The molecule has 2 heterocycles. The maximum absolute atomic E-state index is 11.7. The third-order valence-corrected chi connectivity index (χ3v) is 2.57. The Bertz CT molecular complexity index is 648. The number of carbonyl (C=O) groups excluding carboxylic acids is 1. The van der Waals surface area contributed by atoms with Crippen molar-refractivity contribution in [2.24, 2.45) is 7.05 Å². The number of amides is 1. The maximum atomic E-state index is 11.7. The molecule has 0 saturated carbocycles. The summed E-state index contributed by atoms with van der Waals surface area (Å²) in [6.07, 6.45) is 2.89. The van der Waals surface area contributed by atoms with Crippen LogP contribution in [0, 0.1) is 6.92 Å². The highest BCUT2D eigenvalue weighted by atomic mass is 16.5. The molecule has 0 aliphatic rings. The van der Waals surface area contributed by atoms with Gasteiger partial charge in [0.05, 0.1) is 6.20 Å². The second kappa shape index (κ2) is 6.07. The third-order valence-electron chi connectivity index (χ3n) is 2.57. The third kappa shape index (κ3) is 3.81. The second-order valence-corrected chi connectivity index (χ2v) is 4.35. The molecule has 2 rings (SSSR count). The Hall–Kier alpha value is -2.84. The van der Waals surface area contributed by atoms with Gasteiger partial charge in [0.25, 0.3) is 11.8 Å². The fraction of sp³-hybridized carbons (Fsp3) is 0.333. The number of hydrogen-bond donors (Lipinski definition) is 2. The first-order valence-corrected chi connectivity index (χ1v) is 6.02. The van der Waals surface area contributed by atoms with Gasteiger partial charge < -0.3 is 19.7 Å². The van der Waals surface area contributed by atoms with Crippen LogP contribution in [0.4, 0.5) is 0 Å². The Labute approximate surface area is 119 Å². The van der Waals surface area contributed by atoms with Crippen LogP contribution in [-0.2, 0) is 16.6 Å². The Kier molecular flexibility index (Phi) is 4.21. The van der Waals surface area contributed by atoms with Crippen molar-refractivity contribution in [1.29, 1.82) is 0 Å². The van der Waals surface area contributed by atoms with Crippen LogP contribution < -0.4 is 10.1 Å². The van der Waals surface area contributed by atoms with E-state index < -0.39 is 17.9 Å². The average Bonchev–Trinajstić information content (AvgIpc) is 3.02. The Balaban J connectivity index is 1.94. The van der Waals surface area contributed by atoms with Gasteiger partial charge in [-0.15, -0.1) is 0 Å². The molecule has 21 heavy (non-hydrogen) atoms. The molecular formula is C12H14N4O5. The van der Waals surface area contributed by atoms with Gasteiger partial charge >= 0.3 is 5.97 Å². The largest absolute Gasteiger partial charge is 0.479 e. The van der Waals surface area contributed by atoms with Crippen LogP contribution in [0.15, 0.2) is 23.0 Å². The van der Waals surface area contributed by atoms with Gasteiger partial charge in [0, 0.05) is 24.9 Å². The molecule has 0 aliphatic carbocycles. The van der Waals surface area contributed by atoms with Crippen LogP contribution in [0.1, 0.15) is 17.4 Å².